The highest BCUT2D eigenvalue weighted by Crippen LogP contribution is 2.05. The lowest BCUT2D eigenvalue weighted by atomic mass is 10.1. The standard InChI is InChI=1S/C23H27N5O3/c1-2-20(24-23(30)31-17-19-12-7-4-8-13-19)21(29)16-28-26-22(25-27-28)15-9-14-18-10-5-3-6-11-18/h3-8,10-13,20H,2,9,14-17H2,1H3,(H,24,30). The number of carbonyl (C=O) groups is 2. The predicted octanol–water partition coefficient (Wildman–Crippen LogP) is 3.12. The molecule has 1 heterocycles. The van der Waals surface area contributed by atoms with Gasteiger partial charge in [-0.1, -0.05) is 67.6 Å². The second-order valence-corrected chi connectivity index (χ2v) is 7.21. The number of amides is 1. The molecular formula is C23H27N5O3. The molecule has 0 saturated carbocycles. The zero-order valence-corrected chi connectivity index (χ0v) is 17.6. The summed E-state index contributed by atoms with van der Waals surface area (Å²) in [5, 5.41) is 14.9. The molecule has 1 N–H and O–H groups in total. The molecule has 8 nitrogen and oxygen atoms in total. The minimum Gasteiger partial charge on any atom is -0.445 e. The topological polar surface area (TPSA) is 99.0 Å². The molecule has 0 aliphatic rings. The van der Waals surface area contributed by atoms with Gasteiger partial charge in [0.1, 0.15) is 13.2 Å². The van der Waals surface area contributed by atoms with Crippen molar-refractivity contribution in [3.05, 3.63) is 77.6 Å². The molecule has 0 fully saturated rings. The fourth-order valence-electron chi connectivity index (χ4n) is 3.11. The molecule has 0 spiro atoms. The molecule has 162 valence electrons. The number of benzene rings is 2. The Bertz CT molecular complexity index is 960. The Labute approximate surface area is 181 Å². The number of hydrogen-bond donors (Lipinski definition) is 1. The molecule has 3 rings (SSSR count). The molecular weight excluding hydrogens is 394 g/mol. The van der Waals surface area contributed by atoms with Gasteiger partial charge >= 0.3 is 6.09 Å². The molecule has 1 amide bonds. The van der Waals surface area contributed by atoms with E-state index in [1.165, 1.54) is 10.4 Å². The van der Waals surface area contributed by atoms with Crippen molar-refractivity contribution in [2.24, 2.45) is 0 Å². The van der Waals surface area contributed by atoms with E-state index in [-0.39, 0.29) is 18.9 Å². The lowest BCUT2D eigenvalue weighted by Gasteiger charge is -2.15. The summed E-state index contributed by atoms with van der Waals surface area (Å²) in [6.45, 7) is 1.92. The highest BCUT2D eigenvalue weighted by atomic mass is 16.5. The normalized spacial score (nSPS) is 11.6. The van der Waals surface area contributed by atoms with Gasteiger partial charge in [0, 0.05) is 6.42 Å². The van der Waals surface area contributed by atoms with Gasteiger partial charge in [0.05, 0.1) is 6.04 Å². The second kappa shape index (κ2) is 11.6. The Kier molecular flexibility index (Phi) is 8.28. The maximum absolute atomic E-state index is 12.6. The van der Waals surface area contributed by atoms with E-state index in [1.807, 2.05) is 55.5 Å². The van der Waals surface area contributed by atoms with Crippen LogP contribution in [0.2, 0.25) is 0 Å². The highest BCUT2D eigenvalue weighted by Gasteiger charge is 2.21. The number of alkyl carbamates (subject to hydrolysis) is 1. The predicted molar refractivity (Wildman–Crippen MR) is 115 cm³/mol. The Morgan fingerprint density at radius 2 is 1.68 bits per heavy atom. The van der Waals surface area contributed by atoms with Gasteiger partial charge in [0.25, 0.3) is 0 Å². The molecule has 2 aromatic carbocycles. The van der Waals surface area contributed by atoms with Crippen LogP contribution in [-0.4, -0.2) is 38.1 Å². The summed E-state index contributed by atoms with van der Waals surface area (Å²) in [6, 6.07) is 18.9. The lowest BCUT2D eigenvalue weighted by molar-refractivity contribution is -0.122. The zero-order valence-electron chi connectivity index (χ0n) is 17.6. The van der Waals surface area contributed by atoms with Crippen LogP contribution in [0.1, 0.15) is 36.7 Å². The van der Waals surface area contributed by atoms with E-state index in [0.29, 0.717) is 18.7 Å². The number of carbonyl (C=O) groups excluding carboxylic acids is 2. The van der Waals surface area contributed by atoms with Crippen molar-refractivity contribution in [3.63, 3.8) is 0 Å². The van der Waals surface area contributed by atoms with Crippen molar-refractivity contribution in [1.82, 2.24) is 25.5 Å². The van der Waals surface area contributed by atoms with Gasteiger partial charge in [0.15, 0.2) is 11.6 Å². The highest BCUT2D eigenvalue weighted by molar-refractivity contribution is 5.87. The number of nitrogens with zero attached hydrogens (tertiary/aromatic N) is 4. The summed E-state index contributed by atoms with van der Waals surface area (Å²) >= 11 is 0. The van der Waals surface area contributed by atoms with Crippen LogP contribution >= 0.6 is 0 Å². The molecule has 31 heavy (non-hydrogen) atoms. The minimum atomic E-state index is -0.671. The van der Waals surface area contributed by atoms with Crippen LogP contribution in [0.15, 0.2) is 60.7 Å². The fraction of sp³-hybridized carbons (Fsp3) is 0.348. The van der Waals surface area contributed by atoms with Crippen LogP contribution in [0, 0.1) is 0 Å². The van der Waals surface area contributed by atoms with Crippen LogP contribution in [-0.2, 0) is 35.5 Å². The van der Waals surface area contributed by atoms with Crippen molar-refractivity contribution in [2.45, 2.75) is 51.8 Å². The Morgan fingerprint density at radius 3 is 2.35 bits per heavy atom. The summed E-state index contributed by atoms with van der Waals surface area (Å²) in [7, 11) is 0. The second-order valence-electron chi connectivity index (χ2n) is 7.21. The smallest absolute Gasteiger partial charge is 0.408 e. The van der Waals surface area contributed by atoms with E-state index in [1.54, 1.807) is 0 Å². The van der Waals surface area contributed by atoms with E-state index in [4.69, 9.17) is 4.74 Å². The molecule has 0 aliphatic carbocycles. The number of aryl methyl sites for hydroxylation is 2. The third-order valence-corrected chi connectivity index (χ3v) is 4.80. The average molecular weight is 422 g/mol. The third kappa shape index (κ3) is 7.33. The summed E-state index contributed by atoms with van der Waals surface area (Å²) in [5.74, 6) is 0.402. The molecule has 0 radical (unpaired) electrons. The summed E-state index contributed by atoms with van der Waals surface area (Å²) in [4.78, 5) is 25.9. The van der Waals surface area contributed by atoms with Crippen LogP contribution in [0.4, 0.5) is 4.79 Å². The van der Waals surface area contributed by atoms with E-state index >= 15 is 0 Å². The third-order valence-electron chi connectivity index (χ3n) is 4.80. The molecule has 3 aromatic rings. The van der Waals surface area contributed by atoms with Crippen molar-refractivity contribution in [3.8, 4) is 0 Å². The monoisotopic (exact) mass is 421 g/mol. The first-order chi connectivity index (χ1) is 15.1. The van der Waals surface area contributed by atoms with Gasteiger partial charge in [-0.15, -0.1) is 10.2 Å². The minimum absolute atomic E-state index is 0.0524. The SMILES string of the molecule is CCC(NC(=O)OCc1ccccc1)C(=O)Cn1nnc(CCCc2ccccc2)n1. The van der Waals surface area contributed by atoms with Crippen LogP contribution in [0.5, 0.6) is 0 Å². The van der Waals surface area contributed by atoms with E-state index in [0.717, 1.165) is 18.4 Å². The number of Topliss-reactive ketones (excluding diaryl/α,β-unsaturated/α-hetero) is 1. The number of tetrazole rings is 1. The lowest BCUT2D eigenvalue weighted by Crippen LogP contribution is -2.42. The quantitative estimate of drug-likeness (QED) is 0.511. The van der Waals surface area contributed by atoms with Crippen molar-refractivity contribution < 1.29 is 14.3 Å². The van der Waals surface area contributed by atoms with Crippen molar-refractivity contribution in [1.29, 1.82) is 0 Å². The molecule has 0 saturated heterocycles. The van der Waals surface area contributed by atoms with Crippen LogP contribution in [0.3, 0.4) is 0 Å². The number of rotatable bonds is 11. The van der Waals surface area contributed by atoms with Gasteiger partial charge in [-0.3, -0.25) is 4.79 Å². The van der Waals surface area contributed by atoms with Crippen LogP contribution in [0.25, 0.3) is 0 Å². The number of ketones is 1. The fourth-order valence-corrected chi connectivity index (χ4v) is 3.11. The molecule has 1 aromatic heterocycles. The van der Waals surface area contributed by atoms with E-state index < -0.39 is 12.1 Å². The molecule has 1 unspecified atom stereocenters. The number of nitrogens with one attached hydrogen (secondary N) is 1. The number of hydrogen-bond acceptors (Lipinski definition) is 6. The maximum atomic E-state index is 12.6. The van der Waals surface area contributed by atoms with Crippen molar-refractivity contribution >= 4 is 11.9 Å². The number of ether oxygens (including phenoxy) is 1. The van der Waals surface area contributed by atoms with E-state index in [9.17, 15) is 9.59 Å². The number of aromatic nitrogens is 4. The summed E-state index contributed by atoms with van der Waals surface area (Å²) < 4.78 is 5.19. The first-order valence-electron chi connectivity index (χ1n) is 10.4. The largest absolute Gasteiger partial charge is 0.445 e. The molecule has 8 heteroatoms. The van der Waals surface area contributed by atoms with Gasteiger partial charge < -0.3 is 10.1 Å². The van der Waals surface area contributed by atoms with Gasteiger partial charge in [-0.05, 0) is 35.6 Å². The Balaban J connectivity index is 1.43. The van der Waals surface area contributed by atoms with Gasteiger partial charge in [-0.2, -0.15) is 4.80 Å². The molecule has 0 bridgehead atoms. The van der Waals surface area contributed by atoms with Gasteiger partial charge in [-0.25, -0.2) is 4.79 Å². The van der Waals surface area contributed by atoms with E-state index in [2.05, 4.69) is 32.9 Å². The molecule has 1 atom stereocenters. The first-order valence-corrected chi connectivity index (χ1v) is 10.4. The Morgan fingerprint density at radius 1 is 1.00 bits per heavy atom. The maximum Gasteiger partial charge on any atom is 0.408 e. The van der Waals surface area contributed by atoms with Crippen molar-refractivity contribution in [2.75, 3.05) is 0 Å². The van der Waals surface area contributed by atoms with Gasteiger partial charge in [0.2, 0.25) is 0 Å². The summed E-state index contributed by atoms with van der Waals surface area (Å²) in [5.41, 5.74) is 2.14. The summed E-state index contributed by atoms with van der Waals surface area (Å²) in [6.07, 6.45) is 2.33. The Hall–Kier alpha value is -3.55. The first kappa shape index (κ1) is 22.1. The molecule has 0 aliphatic heterocycles. The van der Waals surface area contributed by atoms with Crippen LogP contribution < -0.4 is 5.32 Å². The zero-order chi connectivity index (χ0) is 21.9. The average Bonchev–Trinajstić information content (AvgIpc) is 3.24.